The molecule has 0 saturated carbocycles. The SMILES string of the molecule is O=C(CC1c2ccccc2-c2c1c(-c1ccccc1)n(-c1ccccc1)c2-c1ccccc1)c1ccccc1. The van der Waals surface area contributed by atoms with Gasteiger partial charge in [0.15, 0.2) is 5.78 Å². The maximum Gasteiger partial charge on any atom is 0.163 e. The Kier molecular flexibility index (Phi) is 5.79. The van der Waals surface area contributed by atoms with Gasteiger partial charge in [0.05, 0.1) is 11.4 Å². The molecule has 39 heavy (non-hydrogen) atoms. The van der Waals surface area contributed by atoms with Crippen molar-refractivity contribution < 1.29 is 4.79 Å². The van der Waals surface area contributed by atoms with Gasteiger partial charge in [-0.1, -0.05) is 133 Å². The van der Waals surface area contributed by atoms with Crippen molar-refractivity contribution >= 4 is 5.78 Å². The van der Waals surface area contributed by atoms with Crippen LogP contribution < -0.4 is 0 Å². The Bertz CT molecular complexity index is 1730. The second-order valence-corrected chi connectivity index (χ2v) is 10.0. The van der Waals surface area contributed by atoms with E-state index in [0.717, 1.165) is 33.8 Å². The molecule has 0 fully saturated rings. The van der Waals surface area contributed by atoms with E-state index in [1.165, 1.54) is 22.3 Å². The minimum Gasteiger partial charge on any atom is -0.308 e. The molecule has 0 spiro atoms. The Morgan fingerprint density at radius 2 is 1.08 bits per heavy atom. The fourth-order valence-corrected chi connectivity index (χ4v) is 6.11. The summed E-state index contributed by atoms with van der Waals surface area (Å²) in [6.45, 7) is 0. The lowest BCUT2D eigenvalue weighted by Crippen LogP contribution is -2.09. The number of para-hydroxylation sites is 1. The maximum absolute atomic E-state index is 13.7. The average molecular weight is 502 g/mol. The van der Waals surface area contributed by atoms with Gasteiger partial charge in [0.2, 0.25) is 0 Å². The maximum atomic E-state index is 13.7. The van der Waals surface area contributed by atoms with Crippen molar-refractivity contribution in [2.75, 3.05) is 0 Å². The van der Waals surface area contributed by atoms with Crippen molar-refractivity contribution in [2.24, 2.45) is 0 Å². The lowest BCUT2D eigenvalue weighted by Gasteiger charge is -2.20. The summed E-state index contributed by atoms with van der Waals surface area (Å²) < 4.78 is 2.41. The number of hydrogen-bond donors (Lipinski definition) is 0. The third kappa shape index (κ3) is 3.93. The van der Waals surface area contributed by atoms with Crippen molar-refractivity contribution in [3.05, 3.63) is 162 Å². The van der Waals surface area contributed by atoms with Gasteiger partial charge in [0, 0.05) is 29.2 Å². The molecule has 0 radical (unpaired) electrons. The molecule has 1 aromatic heterocycles. The summed E-state index contributed by atoms with van der Waals surface area (Å²) in [5.74, 6) is 0.113. The van der Waals surface area contributed by atoms with E-state index in [0.29, 0.717) is 6.42 Å². The Labute approximate surface area is 228 Å². The highest BCUT2D eigenvalue weighted by Gasteiger charge is 2.39. The monoisotopic (exact) mass is 501 g/mol. The molecule has 5 aromatic carbocycles. The zero-order valence-corrected chi connectivity index (χ0v) is 21.5. The van der Waals surface area contributed by atoms with E-state index >= 15 is 0 Å². The van der Waals surface area contributed by atoms with Gasteiger partial charge in [-0.3, -0.25) is 4.79 Å². The number of carbonyl (C=O) groups excluding carboxylic acids is 1. The molecule has 2 nitrogen and oxygen atoms in total. The summed E-state index contributed by atoms with van der Waals surface area (Å²) in [5, 5.41) is 0. The molecular weight excluding hydrogens is 474 g/mol. The summed E-state index contributed by atoms with van der Waals surface area (Å²) in [5.41, 5.74) is 11.4. The number of aromatic nitrogens is 1. The molecule has 1 heterocycles. The minimum absolute atomic E-state index is 0.0495. The van der Waals surface area contributed by atoms with Crippen LogP contribution in [0.1, 0.15) is 33.8 Å². The third-order valence-electron chi connectivity index (χ3n) is 7.76. The first-order valence-corrected chi connectivity index (χ1v) is 13.4. The molecule has 0 N–H and O–H groups in total. The number of hydrogen-bond acceptors (Lipinski definition) is 1. The summed E-state index contributed by atoms with van der Waals surface area (Å²) in [6.07, 6.45) is 0.418. The summed E-state index contributed by atoms with van der Waals surface area (Å²) >= 11 is 0. The van der Waals surface area contributed by atoms with Crippen molar-refractivity contribution in [1.29, 1.82) is 0 Å². The highest BCUT2D eigenvalue weighted by Crippen LogP contribution is 2.56. The number of Topliss-reactive ketones (excluding diaryl/α,β-unsaturated/α-hetero) is 1. The highest BCUT2D eigenvalue weighted by atomic mass is 16.1. The fourth-order valence-electron chi connectivity index (χ4n) is 6.11. The first-order chi connectivity index (χ1) is 19.3. The van der Waals surface area contributed by atoms with Crippen LogP contribution in [0, 0.1) is 0 Å². The van der Waals surface area contributed by atoms with Crippen LogP contribution in [0.15, 0.2) is 146 Å². The zero-order valence-electron chi connectivity index (χ0n) is 21.5. The molecule has 1 aliphatic carbocycles. The van der Waals surface area contributed by atoms with Crippen LogP contribution in [-0.2, 0) is 0 Å². The Morgan fingerprint density at radius 1 is 0.564 bits per heavy atom. The van der Waals surface area contributed by atoms with Crippen LogP contribution in [0.25, 0.3) is 39.3 Å². The third-order valence-corrected chi connectivity index (χ3v) is 7.76. The number of benzene rings is 5. The number of ketones is 1. The molecule has 0 saturated heterocycles. The molecule has 6 aromatic rings. The van der Waals surface area contributed by atoms with Gasteiger partial charge in [0.25, 0.3) is 0 Å². The molecule has 1 aliphatic rings. The lowest BCUT2D eigenvalue weighted by molar-refractivity contribution is 0.0978. The molecule has 0 aliphatic heterocycles. The van der Waals surface area contributed by atoms with E-state index < -0.39 is 0 Å². The Hall–Kier alpha value is -4.95. The normalized spacial score (nSPS) is 13.6. The first-order valence-electron chi connectivity index (χ1n) is 13.4. The van der Waals surface area contributed by atoms with E-state index in [1.807, 2.05) is 30.3 Å². The summed E-state index contributed by atoms with van der Waals surface area (Å²) in [6, 6.07) is 50.2. The van der Waals surface area contributed by atoms with Crippen molar-refractivity contribution in [1.82, 2.24) is 4.57 Å². The van der Waals surface area contributed by atoms with Crippen LogP contribution >= 0.6 is 0 Å². The van der Waals surface area contributed by atoms with E-state index in [4.69, 9.17) is 0 Å². The van der Waals surface area contributed by atoms with Crippen LogP contribution in [-0.4, -0.2) is 10.4 Å². The smallest absolute Gasteiger partial charge is 0.163 e. The Morgan fingerprint density at radius 3 is 1.72 bits per heavy atom. The predicted molar refractivity (Wildman–Crippen MR) is 159 cm³/mol. The second-order valence-electron chi connectivity index (χ2n) is 10.0. The molecule has 186 valence electrons. The largest absolute Gasteiger partial charge is 0.308 e. The second kappa shape index (κ2) is 9.74. The molecule has 0 amide bonds. The quantitative estimate of drug-likeness (QED) is 0.209. The topological polar surface area (TPSA) is 22.0 Å². The molecule has 2 heteroatoms. The van der Waals surface area contributed by atoms with E-state index in [2.05, 4.69) is 120 Å². The van der Waals surface area contributed by atoms with Crippen molar-refractivity contribution in [3.63, 3.8) is 0 Å². The summed E-state index contributed by atoms with van der Waals surface area (Å²) in [7, 11) is 0. The molecular formula is C37H27NO. The summed E-state index contributed by atoms with van der Waals surface area (Å²) in [4.78, 5) is 13.7. The lowest BCUT2D eigenvalue weighted by atomic mass is 9.88. The van der Waals surface area contributed by atoms with Gasteiger partial charge in [-0.05, 0) is 39.9 Å². The minimum atomic E-state index is -0.0495. The first kappa shape index (κ1) is 23.2. The molecule has 7 rings (SSSR count). The fraction of sp³-hybridized carbons (Fsp3) is 0.0541. The number of rotatable bonds is 6. The van der Waals surface area contributed by atoms with Gasteiger partial charge in [0.1, 0.15) is 0 Å². The van der Waals surface area contributed by atoms with Gasteiger partial charge < -0.3 is 4.57 Å². The predicted octanol–water partition coefficient (Wildman–Crippen LogP) is 9.20. The van der Waals surface area contributed by atoms with Crippen LogP contribution in [0.3, 0.4) is 0 Å². The van der Waals surface area contributed by atoms with Crippen LogP contribution in [0.2, 0.25) is 0 Å². The number of carbonyl (C=O) groups is 1. The standard InChI is InChI=1S/C37H27NO/c39-33(26-15-5-1-6-16-26)25-32-30-23-13-14-24-31(30)34-35(32)37(28-19-9-3-10-20-28)38(29-21-11-4-12-22-29)36(34)27-17-7-2-8-18-27/h1-24,32H,25H2. The van der Waals surface area contributed by atoms with E-state index in [9.17, 15) is 4.79 Å². The molecule has 1 unspecified atom stereocenters. The molecule has 0 bridgehead atoms. The van der Waals surface area contributed by atoms with Gasteiger partial charge in [-0.15, -0.1) is 0 Å². The van der Waals surface area contributed by atoms with Crippen molar-refractivity contribution in [2.45, 2.75) is 12.3 Å². The van der Waals surface area contributed by atoms with Gasteiger partial charge in [-0.2, -0.15) is 0 Å². The van der Waals surface area contributed by atoms with E-state index in [-0.39, 0.29) is 11.7 Å². The van der Waals surface area contributed by atoms with Gasteiger partial charge in [-0.25, -0.2) is 0 Å². The highest BCUT2D eigenvalue weighted by molar-refractivity contribution is 6.01. The van der Waals surface area contributed by atoms with Crippen LogP contribution in [0.4, 0.5) is 0 Å². The van der Waals surface area contributed by atoms with Crippen LogP contribution in [0.5, 0.6) is 0 Å². The zero-order chi connectivity index (χ0) is 26.2. The van der Waals surface area contributed by atoms with Crippen molar-refractivity contribution in [3.8, 4) is 39.3 Å². The molecule has 1 atom stereocenters. The number of fused-ring (bicyclic) bond motifs is 3. The number of nitrogens with zero attached hydrogens (tertiary/aromatic N) is 1. The average Bonchev–Trinajstić information content (AvgIpc) is 3.52. The van der Waals surface area contributed by atoms with Gasteiger partial charge >= 0.3 is 0 Å². The van der Waals surface area contributed by atoms with E-state index in [1.54, 1.807) is 0 Å². The Balaban J connectivity index is 1.57.